The SMILES string of the molecule is CC(C)Cc1ccc(COC(=O)C23CCC(NCC(=O)N4C[C@@H](F)C[C@H]4C#N)(CC2)CC3)cc1. The predicted octanol–water partition coefficient (Wildman–Crippen LogP) is 4.07. The number of nitriles is 1. The molecular formula is C27H36FN3O3. The van der Waals surface area contributed by atoms with E-state index in [0.717, 1.165) is 50.5 Å². The van der Waals surface area contributed by atoms with Crippen LogP contribution in [-0.4, -0.2) is 47.6 Å². The first kappa shape index (κ1) is 24.7. The van der Waals surface area contributed by atoms with E-state index in [1.54, 1.807) is 0 Å². The number of hydrogen-bond acceptors (Lipinski definition) is 5. The molecule has 5 rings (SSSR count). The van der Waals surface area contributed by atoms with Crippen molar-refractivity contribution in [2.75, 3.05) is 13.1 Å². The topological polar surface area (TPSA) is 82.4 Å². The lowest BCUT2D eigenvalue weighted by Crippen LogP contribution is -2.58. The molecule has 1 aromatic carbocycles. The van der Waals surface area contributed by atoms with Crippen LogP contribution >= 0.6 is 0 Å². The molecule has 0 aromatic heterocycles. The molecule has 1 amide bonds. The highest BCUT2D eigenvalue weighted by atomic mass is 19.1. The van der Waals surface area contributed by atoms with Gasteiger partial charge in [-0.1, -0.05) is 38.1 Å². The number of nitrogens with zero attached hydrogens (tertiary/aromatic N) is 2. The fraction of sp³-hybridized carbons (Fsp3) is 0.667. The summed E-state index contributed by atoms with van der Waals surface area (Å²) >= 11 is 0. The number of benzene rings is 1. The lowest BCUT2D eigenvalue weighted by molar-refractivity contribution is -0.165. The lowest BCUT2D eigenvalue weighted by atomic mass is 9.57. The Labute approximate surface area is 201 Å². The van der Waals surface area contributed by atoms with Crippen molar-refractivity contribution in [1.82, 2.24) is 10.2 Å². The molecule has 0 unspecified atom stereocenters. The number of ether oxygens (including phenoxy) is 1. The lowest BCUT2D eigenvalue weighted by Gasteiger charge is -2.52. The number of amides is 1. The maximum atomic E-state index is 13.7. The van der Waals surface area contributed by atoms with E-state index >= 15 is 0 Å². The Morgan fingerprint density at radius 1 is 1.15 bits per heavy atom. The van der Waals surface area contributed by atoms with Crippen molar-refractivity contribution in [3.8, 4) is 6.07 Å². The Kier molecular flexibility index (Phi) is 7.28. The number of hydrogen-bond donors (Lipinski definition) is 1. The molecule has 34 heavy (non-hydrogen) atoms. The van der Waals surface area contributed by atoms with Crippen LogP contribution in [0.4, 0.5) is 4.39 Å². The van der Waals surface area contributed by atoms with Crippen LogP contribution in [0, 0.1) is 22.7 Å². The van der Waals surface area contributed by atoms with Gasteiger partial charge in [0.25, 0.3) is 0 Å². The number of fused-ring (bicyclic) bond motifs is 3. The van der Waals surface area contributed by atoms with Crippen molar-refractivity contribution in [2.24, 2.45) is 11.3 Å². The van der Waals surface area contributed by atoms with Crippen molar-refractivity contribution in [3.63, 3.8) is 0 Å². The van der Waals surface area contributed by atoms with Crippen LogP contribution in [0.1, 0.15) is 69.9 Å². The molecule has 0 radical (unpaired) electrons. The maximum absolute atomic E-state index is 13.7. The van der Waals surface area contributed by atoms with Gasteiger partial charge in [0, 0.05) is 12.0 Å². The minimum absolute atomic E-state index is 0.00114. The van der Waals surface area contributed by atoms with Gasteiger partial charge in [0.05, 0.1) is 24.6 Å². The van der Waals surface area contributed by atoms with Gasteiger partial charge in [-0.2, -0.15) is 5.26 Å². The zero-order chi connectivity index (χ0) is 24.3. The van der Waals surface area contributed by atoms with Gasteiger partial charge >= 0.3 is 5.97 Å². The van der Waals surface area contributed by atoms with Crippen molar-refractivity contribution in [2.45, 2.75) is 89.6 Å². The fourth-order valence-corrected chi connectivity index (χ4v) is 5.85. The quantitative estimate of drug-likeness (QED) is 0.581. The number of rotatable bonds is 8. The second-order valence-corrected chi connectivity index (χ2v) is 10.9. The van der Waals surface area contributed by atoms with Gasteiger partial charge in [-0.15, -0.1) is 0 Å². The van der Waals surface area contributed by atoms with Gasteiger partial charge in [-0.25, -0.2) is 4.39 Å². The number of carbonyl (C=O) groups is 2. The largest absolute Gasteiger partial charge is 0.460 e. The molecule has 1 aromatic rings. The molecule has 184 valence electrons. The van der Waals surface area contributed by atoms with Gasteiger partial charge in [-0.3, -0.25) is 9.59 Å². The zero-order valence-electron chi connectivity index (χ0n) is 20.3. The number of nitrogens with one attached hydrogen (secondary N) is 1. The third kappa shape index (κ3) is 5.27. The summed E-state index contributed by atoms with van der Waals surface area (Å²) in [5.74, 6) is 0.283. The maximum Gasteiger partial charge on any atom is 0.312 e. The molecule has 2 atom stereocenters. The summed E-state index contributed by atoms with van der Waals surface area (Å²) < 4.78 is 19.4. The van der Waals surface area contributed by atoms with Crippen LogP contribution in [-0.2, 0) is 27.4 Å². The standard InChI is InChI=1S/C27H36FN3O3/c1-19(2)13-20-3-5-21(6-4-20)18-34-25(33)26-7-10-27(11-8-26,12-9-26)30-16-24(32)31-17-22(28)14-23(31)15-29/h3-6,19,22-23,30H,7-14,16-18H2,1-2H3/t22-,23-,26?,27?/m0/s1. The fourth-order valence-electron chi connectivity index (χ4n) is 5.85. The third-order valence-electron chi connectivity index (χ3n) is 8.05. The van der Waals surface area contributed by atoms with Crippen LogP contribution in [0.2, 0.25) is 0 Å². The molecule has 6 nitrogen and oxygen atoms in total. The second kappa shape index (κ2) is 10.0. The van der Waals surface area contributed by atoms with E-state index in [4.69, 9.17) is 4.74 Å². The molecular weight excluding hydrogens is 433 g/mol. The molecule has 3 saturated carbocycles. The van der Waals surface area contributed by atoms with Crippen LogP contribution in [0.25, 0.3) is 0 Å². The van der Waals surface area contributed by atoms with E-state index in [1.807, 2.05) is 18.2 Å². The summed E-state index contributed by atoms with van der Waals surface area (Å²) in [6, 6.07) is 9.66. The zero-order valence-corrected chi connectivity index (χ0v) is 20.3. The average Bonchev–Trinajstić information content (AvgIpc) is 3.23. The third-order valence-corrected chi connectivity index (χ3v) is 8.05. The second-order valence-electron chi connectivity index (χ2n) is 10.9. The summed E-state index contributed by atoms with van der Waals surface area (Å²) in [6.07, 6.45) is 4.69. The highest BCUT2D eigenvalue weighted by molar-refractivity contribution is 5.80. The number of carbonyl (C=O) groups excluding carboxylic acids is 2. The molecule has 1 aliphatic heterocycles. The minimum Gasteiger partial charge on any atom is -0.460 e. The van der Waals surface area contributed by atoms with Gasteiger partial charge < -0.3 is 15.0 Å². The molecule has 7 heteroatoms. The van der Waals surface area contributed by atoms with E-state index in [9.17, 15) is 19.2 Å². The Balaban J connectivity index is 1.25. The van der Waals surface area contributed by atoms with E-state index in [0.29, 0.717) is 12.5 Å². The molecule has 4 fully saturated rings. The van der Waals surface area contributed by atoms with E-state index in [1.165, 1.54) is 10.5 Å². The van der Waals surface area contributed by atoms with Crippen LogP contribution < -0.4 is 5.32 Å². The van der Waals surface area contributed by atoms with Crippen LogP contribution in [0.5, 0.6) is 0 Å². The Morgan fingerprint density at radius 2 is 1.76 bits per heavy atom. The molecule has 1 N–H and O–H groups in total. The molecule has 2 bridgehead atoms. The van der Waals surface area contributed by atoms with Gasteiger partial charge in [0.15, 0.2) is 0 Å². The van der Waals surface area contributed by atoms with Crippen molar-refractivity contribution in [1.29, 1.82) is 5.26 Å². The van der Waals surface area contributed by atoms with Crippen LogP contribution in [0.3, 0.4) is 0 Å². The summed E-state index contributed by atoms with van der Waals surface area (Å²) in [6.45, 7) is 4.80. The molecule has 1 saturated heterocycles. The normalized spacial score (nSPS) is 30.4. The van der Waals surface area contributed by atoms with Gasteiger partial charge in [0.1, 0.15) is 18.8 Å². The first-order valence-corrected chi connectivity index (χ1v) is 12.6. The summed E-state index contributed by atoms with van der Waals surface area (Å²) in [5, 5.41) is 12.6. The van der Waals surface area contributed by atoms with Gasteiger partial charge in [0.2, 0.25) is 5.91 Å². The van der Waals surface area contributed by atoms with Crippen LogP contribution in [0.15, 0.2) is 24.3 Å². The van der Waals surface area contributed by atoms with E-state index < -0.39 is 17.6 Å². The highest BCUT2D eigenvalue weighted by Crippen LogP contribution is 2.53. The number of esters is 1. The van der Waals surface area contributed by atoms with E-state index in [2.05, 4.69) is 31.3 Å². The van der Waals surface area contributed by atoms with Crippen molar-refractivity contribution >= 4 is 11.9 Å². The Bertz CT molecular complexity index is 915. The summed E-state index contributed by atoms with van der Waals surface area (Å²) in [7, 11) is 0. The van der Waals surface area contributed by atoms with Gasteiger partial charge in [-0.05, 0) is 62.0 Å². The molecule has 3 aliphatic carbocycles. The van der Waals surface area contributed by atoms with Crippen molar-refractivity contribution < 1.29 is 18.7 Å². The molecule has 4 aliphatic rings. The monoisotopic (exact) mass is 469 g/mol. The van der Waals surface area contributed by atoms with E-state index in [-0.39, 0.29) is 36.9 Å². The average molecular weight is 470 g/mol. The smallest absolute Gasteiger partial charge is 0.312 e. The molecule has 0 spiro atoms. The predicted molar refractivity (Wildman–Crippen MR) is 126 cm³/mol. The minimum atomic E-state index is -1.12. The van der Waals surface area contributed by atoms with Crippen molar-refractivity contribution in [3.05, 3.63) is 35.4 Å². The highest BCUT2D eigenvalue weighted by Gasteiger charge is 2.53. The molecule has 1 heterocycles. The Morgan fingerprint density at radius 3 is 2.35 bits per heavy atom. The Hall–Kier alpha value is -2.46. The summed E-state index contributed by atoms with van der Waals surface area (Å²) in [5.41, 5.74) is 1.71. The first-order chi connectivity index (χ1) is 16.2. The summed E-state index contributed by atoms with van der Waals surface area (Å²) in [4.78, 5) is 27.0. The number of likely N-dealkylation sites (tertiary alicyclic amines) is 1. The number of halogens is 1. The number of alkyl halides is 1. The first-order valence-electron chi connectivity index (χ1n) is 12.6.